The van der Waals surface area contributed by atoms with E-state index in [4.69, 9.17) is 14.2 Å². The largest absolute Gasteiger partial charge is 0.469 e. The summed E-state index contributed by atoms with van der Waals surface area (Å²) in [5, 5.41) is 10.9. The Kier molecular flexibility index (Phi) is 13.4. The van der Waals surface area contributed by atoms with Gasteiger partial charge in [0.15, 0.2) is 0 Å². The molecule has 0 aliphatic heterocycles. The Balaban J connectivity index is 1.27. The molecule has 0 fully saturated rings. The maximum atomic E-state index is 13.1. The number of amides is 4. The van der Waals surface area contributed by atoms with Gasteiger partial charge in [-0.3, -0.25) is 14.4 Å². The molecule has 12 heteroatoms. The van der Waals surface area contributed by atoms with Crippen molar-refractivity contribution in [1.29, 1.82) is 0 Å². The summed E-state index contributed by atoms with van der Waals surface area (Å²) < 4.78 is 15.9. The molecule has 0 saturated carbocycles. The molecule has 4 N–H and O–H groups in total. The number of hydrogen-bond donors (Lipinski definition) is 4. The van der Waals surface area contributed by atoms with Crippen molar-refractivity contribution in [3.8, 4) is 11.1 Å². The van der Waals surface area contributed by atoms with Crippen molar-refractivity contribution in [2.24, 2.45) is 11.8 Å². The predicted octanol–water partition coefficient (Wildman–Crippen LogP) is 5.94. The molecule has 3 aromatic rings. The van der Waals surface area contributed by atoms with E-state index in [9.17, 15) is 24.0 Å². The van der Waals surface area contributed by atoms with E-state index in [2.05, 4.69) is 33.4 Å². The van der Waals surface area contributed by atoms with Gasteiger partial charge < -0.3 is 35.5 Å². The molecule has 1 aliphatic rings. The number of carbonyl (C=O) groups is 5. The van der Waals surface area contributed by atoms with E-state index in [1.165, 1.54) is 7.11 Å². The van der Waals surface area contributed by atoms with Gasteiger partial charge in [-0.05, 0) is 79.5 Å². The number of alkyl carbamates (subject to hydrolysis) is 2. The summed E-state index contributed by atoms with van der Waals surface area (Å²) in [5.74, 6) is -2.20. The fourth-order valence-corrected chi connectivity index (χ4v) is 6.18. The second-order valence-electron chi connectivity index (χ2n) is 14.4. The lowest BCUT2D eigenvalue weighted by atomic mass is 9.96. The number of fused-ring (bicyclic) bond motifs is 3. The number of methoxy groups -OCH3 is 1. The van der Waals surface area contributed by atoms with Crippen molar-refractivity contribution in [2.45, 2.75) is 78.0 Å². The summed E-state index contributed by atoms with van der Waals surface area (Å²) in [5.41, 5.74) is 5.06. The topological polar surface area (TPSA) is 161 Å². The van der Waals surface area contributed by atoms with Crippen LogP contribution in [0.1, 0.15) is 70.6 Å². The highest BCUT2D eigenvalue weighted by atomic mass is 16.6. The summed E-state index contributed by atoms with van der Waals surface area (Å²) in [4.78, 5) is 63.3. The number of hydrogen-bond acceptors (Lipinski definition) is 8. The van der Waals surface area contributed by atoms with Crippen molar-refractivity contribution >= 4 is 35.7 Å². The molecule has 0 aromatic heterocycles. The van der Waals surface area contributed by atoms with Crippen LogP contribution in [0.3, 0.4) is 0 Å². The van der Waals surface area contributed by atoms with Gasteiger partial charge in [0.05, 0.1) is 19.6 Å². The number of benzene rings is 3. The maximum Gasteiger partial charge on any atom is 0.407 e. The van der Waals surface area contributed by atoms with Gasteiger partial charge in [-0.25, -0.2) is 9.59 Å². The van der Waals surface area contributed by atoms with Gasteiger partial charge in [-0.15, -0.1) is 0 Å². The lowest BCUT2D eigenvalue weighted by Gasteiger charge is -2.25. The van der Waals surface area contributed by atoms with Crippen molar-refractivity contribution in [1.82, 2.24) is 16.0 Å². The van der Waals surface area contributed by atoms with E-state index >= 15 is 0 Å². The monoisotopic (exact) mass is 714 g/mol. The van der Waals surface area contributed by atoms with Crippen molar-refractivity contribution < 1.29 is 38.2 Å². The Morgan fingerprint density at radius 3 is 1.94 bits per heavy atom. The minimum absolute atomic E-state index is 0.112. The highest BCUT2D eigenvalue weighted by Crippen LogP contribution is 2.44. The molecule has 0 spiro atoms. The summed E-state index contributed by atoms with van der Waals surface area (Å²) >= 11 is 0. The molecule has 0 bridgehead atoms. The first-order valence-corrected chi connectivity index (χ1v) is 17.5. The van der Waals surface area contributed by atoms with Crippen molar-refractivity contribution in [3.63, 3.8) is 0 Å². The highest BCUT2D eigenvalue weighted by molar-refractivity contribution is 5.95. The van der Waals surface area contributed by atoms with Crippen molar-refractivity contribution in [3.05, 3.63) is 89.5 Å². The van der Waals surface area contributed by atoms with E-state index in [0.29, 0.717) is 18.5 Å². The van der Waals surface area contributed by atoms with Crippen LogP contribution in [-0.2, 0) is 35.0 Å². The van der Waals surface area contributed by atoms with Gasteiger partial charge in [0, 0.05) is 17.6 Å². The Morgan fingerprint density at radius 2 is 1.38 bits per heavy atom. The van der Waals surface area contributed by atoms with Crippen LogP contribution in [0.5, 0.6) is 0 Å². The number of esters is 1. The summed E-state index contributed by atoms with van der Waals surface area (Å²) in [6.45, 7) is 10.4. The molecular weight excluding hydrogens is 664 g/mol. The van der Waals surface area contributed by atoms with E-state index in [0.717, 1.165) is 27.8 Å². The van der Waals surface area contributed by atoms with Crippen molar-refractivity contribution in [2.75, 3.05) is 25.6 Å². The lowest BCUT2D eigenvalue weighted by Crippen LogP contribution is -2.51. The zero-order chi connectivity index (χ0) is 38.0. The van der Waals surface area contributed by atoms with Gasteiger partial charge in [-0.1, -0.05) is 81.4 Å². The minimum atomic E-state index is -0.924. The van der Waals surface area contributed by atoms with E-state index < -0.39 is 47.6 Å². The number of carbonyl (C=O) groups excluding carboxylic acids is 5. The number of nitrogens with one attached hydrogen (secondary N) is 4. The molecule has 0 heterocycles. The Labute approximate surface area is 305 Å². The number of anilines is 1. The summed E-state index contributed by atoms with van der Waals surface area (Å²) in [6, 6.07) is 21.7. The molecular formula is C40H50N4O8. The molecule has 0 saturated heterocycles. The smallest absolute Gasteiger partial charge is 0.407 e. The quantitative estimate of drug-likeness (QED) is 0.118. The molecule has 1 aliphatic carbocycles. The van der Waals surface area contributed by atoms with Crippen LogP contribution in [0.15, 0.2) is 72.8 Å². The molecule has 12 nitrogen and oxygen atoms in total. The summed E-state index contributed by atoms with van der Waals surface area (Å²) in [7, 11) is 1.32. The molecule has 52 heavy (non-hydrogen) atoms. The van der Waals surface area contributed by atoms with Gasteiger partial charge in [-0.2, -0.15) is 0 Å². The number of ether oxygens (including phenoxy) is 3. The third kappa shape index (κ3) is 11.1. The van der Waals surface area contributed by atoms with Crippen LogP contribution in [-0.4, -0.2) is 67.9 Å². The van der Waals surface area contributed by atoms with E-state index in [1.807, 2.05) is 36.4 Å². The molecule has 4 rings (SSSR count). The Bertz CT molecular complexity index is 1690. The van der Waals surface area contributed by atoms with Crippen LogP contribution >= 0.6 is 0 Å². The second-order valence-corrected chi connectivity index (χ2v) is 14.4. The molecule has 278 valence electrons. The first-order valence-electron chi connectivity index (χ1n) is 17.5. The lowest BCUT2D eigenvalue weighted by molar-refractivity contribution is -0.145. The molecule has 3 atom stereocenters. The second kappa shape index (κ2) is 17.7. The molecule has 3 aromatic carbocycles. The fourth-order valence-electron chi connectivity index (χ4n) is 6.18. The Hall–Kier alpha value is -5.39. The van der Waals surface area contributed by atoms with E-state index in [-0.39, 0.29) is 31.0 Å². The van der Waals surface area contributed by atoms with Crippen LogP contribution in [0.4, 0.5) is 15.3 Å². The van der Waals surface area contributed by atoms with Gasteiger partial charge in [0.25, 0.3) is 0 Å². The zero-order valence-electron chi connectivity index (χ0n) is 30.9. The Morgan fingerprint density at radius 1 is 0.788 bits per heavy atom. The first-order chi connectivity index (χ1) is 24.6. The van der Waals surface area contributed by atoms with Crippen LogP contribution in [0, 0.1) is 11.8 Å². The zero-order valence-corrected chi connectivity index (χ0v) is 30.9. The average molecular weight is 715 g/mol. The average Bonchev–Trinajstić information content (AvgIpc) is 3.41. The van der Waals surface area contributed by atoms with Crippen LogP contribution in [0.2, 0.25) is 0 Å². The third-order valence-corrected chi connectivity index (χ3v) is 8.67. The standard InChI is InChI=1S/C40H50N4O8/c1-24(2)35(44-38(48)51-23-33-31-14-10-8-12-29(31)30-13-9-11-15-32(30)33)36(46)41-22-34(45)42-27-18-16-26(17-19-27)21-28(20-25(3)37(47)50-7)43-39(49)52-40(4,5)6/h8-19,24-25,28,33,35H,20-23H2,1-7H3,(H,41,46)(H,42,45)(H,43,49)(H,44,48)/t25?,28-,35+/m1/s1. The minimum Gasteiger partial charge on any atom is -0.469 e. The molecule has 0 radical (unpaired) electrons. The van der Waals surface area contributed by atoms with Crippen LogP contribution in [0.25, 0.3) is 11.1 Å². The normalized spacial score (nSPS) is 13.8. The third-order valence-electron chi connectivity index (χ3n) is 8.67. The van der Waals surface area contributed by atoms with E-state index in [1.54, 1.807) is 65.8 Å². The SMILES string of the molecule is COC(=O)C(C)C[C@H](Cc1ccc(NC(=O)CNC(=O)[C@@H](NC(=O)OCC2c3ccccc3-c3ccccc32)C(C)C)cc1)NC(=O)OC(C)(C)C. The van der Waals surface area contributed by atoms with Gasteiger partial charge in [0.1, 0.15) is 18.2 Å². The van der Waals surface area contributed by atoms with Crippen LogP contribution < -0.4 is 21.3 Å². The highest BCUT2D eigenvalue weighted by Gasteiger charge is 2.31. The number of rotatable bonds is 14. The summed E-state index contributed by atoms with van der Waals surface area (Å²) in [6.07, 6.45) is -0.576. The predicted molar refractivity (Wildman–Crippen MR) is 198 cm³/mol. The molecule has 4 amide bonds. The first kappa shape index (κ1) is 39.4. The fraction of sp³-hybridized carbons (Fsp3) is 0.425. The molecule has 1 unspecified atom stereocenters. The maximum absolute atomic E-state index is 13.1. The van der Waals surface area contributed by atoms with Gasteiger partial charge >= 0.3 is 18.2 Å². The van der Waals surface area contributed by atoms with Gasteiger partial charge in [0.2, 0.25) is 11.8 Å².